The van der Waals surface area contributed by atoms with Crippen LogP contribution in [-0.4, -0.2) is 0 Å². The monoisotopic (exact) mass is 298 g/mol. The summed E-state index contributed by atoms with van der Waals surface area (Å²) in [4.78, 5) is 0. The quantitative estimate of drug-likeness (QED) is 0.400. The molecule has 0 atom stereocenters. The first-order valence-electron chi connectivity index (χ1n) is 6.64. The molecule has 0 radical (unpaired) electrons. The van der Waals surface area contributed by atoms with Crippen LogP contribution >= 0.6 is 23.2 Å². The van der Waals surface area contributed by atoms with Gasteiger partial charge in [-0.15, -0.1) is 23.2 Å². The third-order valence-corrected chi connectivity index (χ3v) is 4.69. The smallest absolute Gasteiger partial charge is 0.0480 e. The van der Waals surface area contributed by atoms with Crippen molar-refractivity contribution >= 4 is 34.0 Å². The van der Waals surface area contributed by atoms with Crippen LogP contribution in [0.15, 0.2) is 48.5 Å². The Hall–Kier alpha value is -1.50. The first kappa shape index (κ1) is 12.3. The Labute approximate surface area is 128 Å². The number of hydrogen-bond donors (Lipinski definition) is 0. The molecule has 0 N–H and O–H groups in total. The van der Waals surface area contributed by atoms with Crippen molar-refractivity contribution in [1.29, 1.82) is 0 Å². The van der Waals surface area contributed by atoms with Gasteiger partial charge >= 0.3 is 0 Å². The zero-order chi connectivity index (χ0) is 13.7. The van der Waals surface area contributed by atoms with E-state index in [9.17, 15) is 0 Å². The van der Waals surface area contributed by atoms with Gasteiger partial charge in [0.15, 0.2) is 0 Å². The van der Waals surface area contributed by atoms with Crippen molar-refractivity contribution in [3.05, 3.63) is 59.7 Å². The maximum Gasteiger partial charge on any atom is 0.0480 e. The summed E-state index contributed by atoms with van der Waals surface area (Å²) in [6.07, 6.45) is 0. The second-order valence-electron chi connectivity index (χ2n) is 5.11. The van der Waals surface area contributed by atoms with Crippen LogP contribution in [0.1, 0.15) is 11.1 Å². The zero-order valence-corrected chi connectivity index (χ0v) is 12.3. The molecule has 0 aromatic heterocycles. The van der Waals surface area contributed by atoms with E-state index in [0.29, 0.717) is 11.8 Å². The maximum atomic E-state index is 6.15. The van der Waals surface area contributed by atoms with E-state index in [0.717, 1.165) is 0 Å². The topological polar surface area (TPSA) is 0 Å². The lowest BCUT2D eigenvalue weighted by molar-refractivity contribution is 1.34. The largest absolute Gasteiger partial charge is 0.122 e. The van der Waals surface area contributed by atoms with Crippen molar-refractivity contribution in [1.82, 2.24) is 0 Å². The van der Waals surface area contributed by atoms with Crippen LogP contribution in [0.3, 0.4) is 0 Å². The number of alkyl halides is 2. The normalized spacial score (nSPS) is 11.9. The first-order chi connectivity index (χ1) is 9.85. The van der Waals surface area contributed by atoms with Gasteiger partial charge in [0.05, 0.1) is 0 Å². The molecule has 0 saturated heterocycles. The van der Waals surface area contributed by atoms with Gasteiger partial charge in [0.1, 0.15) is 0 Å². The van der Waals surface area contributed by atoms with Crippen molar-refractivity contribution < 1.29 is 0 Å². The summed E-state index contributed by atoms with van der Waals surface area (Å²) in [6, 6.07) is 17.1. The molecule has 0 nitrogen and oxygen atoms in total. The van der Waals surface area contributed by atoms with Crippen LogP contribution in [0.2, 0.25) is 0 Å². The average molecular weight is 299 g/mol. The molecule has 3 aromatic rings. The summed E-state index contributed by atoms with van der Waals surface area (Å²) < 4.78 is 0. The Morgan fingerprint density at radius 2 is 1.15 bits per heavy atom. The maximum absolute atomic E-state index is 6.15. The second kappa shape index (κ2) is 4.51. The van der Waals surface area contributed by atoms with Crippen LogP contribution < -0.4 is 0 Å². The first-order valence-corrected chi connectivity index (χ1v) is 7.71. The highest BCUT2D eigenvalue weighted by Crippen LogP contribution is 2.50. The van der Waals surface area contributed by atoms with Gasteiger partial charge in [0.2, 0.25) is 0 Å². The standard InChI is InChI=1S/C18H12Cl2/c19-9-12-7-8-13(10-20)18-15-6-2-4-11-3-1-5-14(16(11)15)17(12)18/h1-8H,9-10H2. The van der Waals surface area contributed by atoms with Crippen molar-refractivity contribution in [2.24, 2.45) is 0 Å². The lowest BCUT2D eigenvalue weighted by Crippen LogP contribution is -1.91. The summed E-state index contributed by atoms with van der Waals surface area (Å²) in [7, 11) is 0. The molecule has 0 heterocycles. The molecule has 98 valence electrons. The van der Waals surface area contributed by atoms with Gasteiger partial charge < -0.3 is 0 Å². The van der Waals surface area contributed by atoms with E-state index in [-0.39, 0.29) is 0 Å². The molecule has 0 saturated carbocycles. The van der Waals surface area contributed by atoms with E-state index >= 15 is 0 Å². The molecule has 0 fully saturated rings. The summed E-state index contributed by atoms with van der Waals surface area (Å²) in [5.74, 6) is 1.05. The molecule has 4 rings (SSSR count). The van der Waals surface area contributed by atoms with Crippen molar-refractivity contribution in [3.8, 4) is 22.3 Å². The number of rotatable bonds is 2. The van der Waals surface area contributed by atoms with Crippen LogP contribution in [0.4, 0.5) is 0 Å². The van der Waals surface area contributed by atoms with E-state index in [2.05, 4.69) is 48.5 Å². The van der Waals surface area contributed by atoms with Gasteiger partial charge in [-0.25, -0.2) is 0 Å². The minimum atomic E-state index is 0.523. The minimum Gasteiger partial charge on any atom is -0.122 e. The Bertz CT molecular complexity index is 768. The molecule has 20 heavy (non-hydrogen) atoms. The van der Waals surface area contributed by atoms with Crippen molar-refractivity contribution in [3.63, 3.8) is 0 Å². The Morgan fingerprint density at radius 1 is 0.650 bits per heavy atom. The fourth-order valence-corrected chi connectivity index (χ4v) is 3.73. The van der Waals surface area contributed by atoms with Crippen LogP contribution in [0.25, 0.3) is 33.0 Å². The van der Waals surface area contributed by atoms with Gasteiger partial charge in [-0.2, -0.15) is 0 Å². The molecule has 0 unspecified atom stereocenters. The third-order valence-electron chi connectivity index (χ3n) is 4.11. The van der Waals surface area contributed by atoms with Crippen LogP contribution in [0, 0.1) is 0 Å². The van der Waals surface area contributed by atoms with E-state index < -0.39 is 0 Å². The SMILES string of the molecule is ClCc1ccc(CCl)c2c1-c1cccc3cccc-2c13. The fourth-order valence-electron chi connectivity index (χ4n) is 3.28. The molecule has 0 amide bonds. The van der Waals surface area contributed by atoms with Crippen LogP contribution in [0.5, 0.6) is 0 Å². The number of halogens is 2. The van der Waals surface area contributed by atoms with Gasteiger partial charge in [0, 0.05) is 11.8 Å². The zero-order valence-electron chi connectivity index (χ0n) is 10.8. The summed E-state index contributed by atoms with van der Waals surface area (Å²) in [5.41, 5.74) is 7.47. The fraction of sp³-hybridized carbons (Fsp3) is 0.111. The molecule has 2 heteroatoms. The van der Waals surface area contributed by atoms with Gasteiger partial charge in [-0.1, -0.05) is 48.5 Å². The van der Waals surface area contributed by atoms with Gasteiger partial charge in [-0.3, -0.25) is 0 Å². The lowest BCUT2D eigenvalue weighted by Gasteiger charge is -2.11. The molecule has 0 spiro atoms. The highest BCUT2D eigenvalue weighted by Gasteiger charge is 2.25. The Kier molecular flexibility index (Phi) is 2.76. The Morgan fingerprint density at radius 3 is 1.60 bits per heavy atom. The van der Waals surface area contributed by atoms with Gasteiger partial charge in [-0.05, 0) is 44.2 Å². The molecule has 0 aliphatic heterocycles. The number of fused-ring (bicyclic) bond motifs is 3. The summed E-state index contributed by atoms with van der Waals surface area (Å²) in [5, 5.41) is 2.60. The predicted molar refractivity (Wildman–Crippen MR) is 87.5 cm³/mol. The van der Waals surface area contributed by atoms with E-state index in [1.165, 1.54) is 44.2 Å². The van der Waals surface area contributed by atoms with E-state index in [1.807, 2.05) is 0 Å². The second-order valence-corrected chi connectivity index (χ2v) is 5.64. The molecular formula is C18H12Cl2. The number of benzene rings is 3. The number of hydrogen-bond acceptors (Lipinski definition) is 0. The highest BCUT2D eigenvalue weighted by molar-refractivity contribution is 6.22. The molecular weight excluding hydrogens is 287 g/mol. The van der Waals surface area contributed by atoms with Crippen molar-refractivity contribution in [2.45, 2.75) is 11.8 Å². The minimum absolute atomic E-state index is 0.523. The van der Waals surface area contributed by atoms with Crippen LogP contribution in [-0.2, 0) is 11.8 Å². The molecule has 1 aliphatic rings. The molecule has 0 bridgehead atoms. The Balaban J connectivity index is 2.23. The average Bonchev–Trinajstić information content (AvgIpc) is 2.85. The van der Waals surface area contributed by atoms with E-state index in [1.54, 1.807) is 0 Å². The third kappa shape index (κ3) is 1.49. The summed E-state index contributed by atoms with van der Waals surface area (Å²) >= 11 is 12.3. The molecule has 3 aromatic carbocycles. The lowest BCUT2D eigenvalue weighted by atomic mass is 9.95. The molecule has 1 aliphatic carbocycles. The summed E-state index contributed by atoms with van der Waals surface area (Å²) in [6.45, 7) is 0. The van der Waals surface area contributed by atoms with Gasteiger partial charge in [0.25, 0.3) is 0 Å². The van der Waals surface area contributed by atoms with E-state index in [4.69, 9.17) is 23.2 Å². The van der Waals surface area contributed by atoms with Crippen molar-refractivity contribution in [2.75, 3.05) is 0 Å². The highest BCUT2D eigenvalue weighted by atomic mass is 35.5. The predicted octanol–water partition coefficient (Wildman–Crippen LogP) is 5.96.